The Morgan fingerprint density at radius 2 is 1.43 bits per heavy atom. The molecular weight excluding hydrogens is 808 g/mol. The number of epoxide rings is 1. The summed E-state index contributed by atoms with van der Waals surface area (Å²) in [5, 5.41) is 0. The van der Waals surface area contributed by atoms with Gasteiger partial charge >= 0.3 is 21.1 Å². The van der Waals surface area contributed by atoms with Crippen LogP contribution in [-0.4, -0.2) is 26.8 Å². The average Bonchev–Trinajstić information content (AvgIpc) is 3.26. The Morgan fingerprint density at radius 1 is 1.30 bits per heavy atom. The van der Waals surface area contributed by atoms with Gasteiger partial charge in [-0.3, -0.25) is 6.58 Å². The minimum absolute atomic E-state index is 0. The topological polar surface area (TPSA) is 48.1 Å². The Bertz CT molecular complexity index is 159. The molecule has 138 valence electrons. The van der Waals surface area contributed by atoms with Gasteiger partial charge in [-0.25, -0.2) is 0 Å². The van der Waals surface area contributed by atoms with E-state index in [1.807, 2.05) is 13.8 Å². The molecule has 0 saturated carbocycles. The van der Waals surface area contributed by atoms with Crippen LogP contribution in [0, 0.1) is 19.8 Å². The second-order valence-electron chi connectivity index (χ2n) is 2.75. The molecular formula is C16H30O4W3-2. The molecule has 4 nitrogen and oxygen atoms in total. The Kier molecular flexibility index (Phi) is 169. The third kappa shape index (κ3) is 312. The van der Waals surface area contributed by atoms with Crippen molar-refractivity contribution in [3.05, 3.63) is 45.3 Å². The summed E-state index contributed by atoms with van der Waals surface area (Å²) >= 11 is 0. The van der Waals surface area contributed by atoms with Crippen molar-refractivity contribution in [2.75, 3.05) is 14.2 Å². The van der Waals surface area contributed by atoms with Crippen LogP contribution < -0.4 is 0 Å². The molecule has 1 unspecified atom stereocenters. The van der Waals surface area contributed by atoms with Crippen LogP contribution in [0.5, 0.6) is 0 Å². The van der Waals surface area contributed by atoms with E-state index >= 15 is 0 Å². The summed E-state index contributed by atoms with van der Waals surface area (Å²) < 4.78 is 12.5. The van der Waals surface area contributed by atoms with Gasteiger partial charge in [0.15, 0.2) is 0 Å². The monoisotopic (exact) mass is 838 g/mol. The van der Waals surface area contributed by atoms with E-state index in [1.165, 1.54) is 27.1 Å². The maximum atomic E-state index is 8.83. The minimum atomic E-state index is 0. The summed E-state index contributed by atoms with van der Waals surface area (Å²) in [5.41, 5.74) is 0. The zero-order valence-corrected chi connectivity index (χ0v) is 23.7. The van der Waals surface area contributed by atoms with Crippen molar-refractivity contribution in [1.29, 1.82) is 0 Å². The molecule has 1 saturated heterocycles. The van der Waals surface area contributed by atoms with E-state index < -0.39 is 0 Å². The molecule has 0 aromatic rings. The zero-order chi connectivity index (χ0) is 17.2. The van der Waals surface area contributed by atoms with Crippen molar-refractivity contribution in [3.8, 4) is 0 Å². The number of ether oxygens (including phenoxy) is 3. The first kappa shape index (κ1) is 49.5. The largest absolute Gasteiger partial charge is 2.00 e. The molecule has 0 bridgehead atoms. The molecule has 23 heavy (non-hydrogen) atoms. The predicted molar refractivity (Wildman–Crippen MR) is 85.2 cm³/mol. The average molecular weight is 838 g/mol. The molecule has 0 radical (unpaired) electrons. The van der Waals surface area contributed by atoms with E-state index in [9.17, 15) is 0 Å². The maximum absolute atomic E-state index is 8.83. The fraction of sp³-hybridized carbons (Fsp3) is 0.500. The Morgan fingerprint density at radius 3 is 1.43 bits per heavy atom. The maximum Gasteiger partial charge on any atom is 2.00 e. The van der Waals surface area contributed by atoms with Crippen molar-refractivity contribution >= 4 is 6.47 Å². The molecule has 1 heterocycles. The molecule has 0 N–H and O–H groups in total. The second-order valence-corrected chi connectivity index (χ2v) is 2.75. The second kappa shape index (κ2) is 78.6. The Balaban J connectivity index is -0.0000000193. The summed E-state index contributed by atoms with van der Waals surface area (Å²) in [6.45, 7) is 26.2. The van der Waals surface area contributed by atoms with Crippen molar-refractivity contribution in [2.45, 2.75) is 40.2 Å². The Hall–Kier alpha value is 0.515. The van der Waals surface area contributed by atoms with Crippen LogP contribution in [0.15, 0.2) is 25.5 Å². The standard InChI is InChI=1S/2C3H5O.C3H8.C3H6.C2H3O2.C2H3.3W/c1-3-2-4-3;1-3-4-2;2*1-3-2;1-4-2-3;1-2;;;/h2-3H,1H3;1,3H,2H3;3H2,1-2H3;3H,1H2,2H3;1H3;1H,2H2;;;/q2*-1;;;2*-1;;;+2. The summed E-state index contributed by atoms with van der Waals surface area (Å²) in [7, 11) is 2.76. The van der Waals surface area contributed by atoms with Crippen LogP contribution >= 0.6 is 0 Å². The van der Waals surface area contributed by atoms with Crippen LogP contribution in [0.2, 0.25) is 0 Å². The van der Waals surface area contributed by atoms with Gasteiger partial charge in [0.2, 0.25) is 0 Å². The van der Waals surface area contributed by atoms with Crippen molar-refractivity contribution in [3.63, 3.8) is 0 Å². The van der Waals surface area contributed by atoms with Crippen LogP contribution in [0.3, 0.4) is 0 Å². The first-order chi connectivity index (χ1) is 9.55. The molecule has 1 aliphatic heterocycles. The minimum Gasteiger partial charge on any atom is -0.655 e. The normalized spacial score (nSPS) is 10.3. The first-order valence-corrected chi connectivity index (χ1v) is 5.98. The number of carbonyl (C=O) groups excluding carboxylic acids is 1. The van der Waals surface area contributed by atoms with Gasteiger partial charge in [-0.2, -0.15) is 6.61 Å². The van der Waals surface area contributed by atoms with Gasteiger partial charge in [-0.1, -0.05) is 45.8 Å². The fourth-order valence-electron chi connectivity index (χ4n) is 0.0786. The third-order valence-electron chi connectivity index (χ3n) is 0.628. The van der Waals surface area contributed by atoms with E-state index in [2.05, 4.69) is 54.4 Å². The van der Waals surface area contributed by atoms with E-state index in [-0.39, 0.29) is 63.2 Å². The molecule has 0 aromatic heterocycles. The molecule has 7 heteroatoms. The van der Waals surface area contributed by atoms with Gasteiger partial charge in [-0.15, -0.1) is 12.8 Å². The number of hydrogen-bond acceptors (Lipinski definition) is 4. The van der Waals surface area contributed by atoms with Gasteiger partial charge in [0.25, 0.3) is 0 Å². The number of hydrogen-bond donors (Lipinski definition) is 0. The van der Waals surface area contributed by atoms with E-state index in [1.54, 1.807) is 12.7 Å². The third-order valence-corrected chi connectivity index (χ3v) is 0.628. The number of allylic oxidation sites excluding steroid dienone is 1. The summed E-state index contributed by atoms with van der Waals surface area (Å²) in [4.78, 5) is 8.83. The SMILES string of the molecule is C=CC.CC1[CH-]O1.CCC.CO[C-]=O.[CH-]=C.[CH-]=COC.[W+2].[W].[W]. The van der Waals surface area contributed by atoms with Crippen molar-refractivity contribution < 1.29 is 82.2 Å². The number of rotatable bonds is 2. The molecule has 0 amide bonds. The van der Waals surface area contributed by atoms with Gasteiger partial charge in [-0.05, 0) is 6.92 Å². The van der Waals surface area contributed by atoms with E-state index in [0.29, 0.717) is 6.10 Å². The number of methoxy groups -OCH3 is 2. The molecule has 1 aliphatic rings. The van der Waals surface area contributed by atoms with Crippen molar-refractivity contribution in [1.82, 2.24) is 0 Å². The molecule has 1 fully saturated rings. The van der Waals surface area contributed by atoms with Gasteiger partial charge in [0.05, 0.1) is 7.11 Å². The summed E-state index contributed by atoms with van der Waals surface area (Å²) in [6, 6.07) is 0. The van der Waals surface area contributed by atoms with Gasteiger partial charge in [0.1, 0.15) is 0 Å². The molecule has 1 atom stereocenters. The summed E-state index contributed by atoms with van der Waals surface area (Å²) in [5.74, 6) is 0. The quantitative estimate of drug-likeness (QED) is 0.183. The van der Waals surface area contributed by atoms with Crippen LogP contribution in [0.1, 0.15) is 34.1 Å². The first-order valence-electron chi connectivity index (χ1n) is 5.98. The fourth-order valence-corrected chi connectivity index (χ4v) is 0.0786. The summed E-state index contributed by atoms with van der Waals surface area (Å²) in [6.07, 6.45) is 4.58. The van der Waals surface area contributed by atoms with Crippen LogP contribution in [0.25, 0.3) is 0 Å². The van der Waals surface area contributed by atoms with Gasteiger partial charge in [0, 0.05) is 49.2 Å². The van der Waals surface area contributed by atoms with E-state index in [4.69, 9.17) is 4.79 Å². The molecule has 0 aliphatic carbocycles. The van der Waals surface area contributed by atoms with Crippen LogP contribution in [0.4, 0.5) is 0 Å². The smallest absolute Gasteiger partial charge is 0.655 e. The van der Waals surface area contributed by atoms with E-state index in [0.717, 1.165) is 6.26 Å². The molecule has 0 aromatic carbocycles. The van der Waals surface area contributed by atoms with Gasteiger partial charge < -0.3 is 32.2 Å². The van der Waals surface area contributed by atoms with Crippen LogP contribution in [-0.2, 0) is 82.2 Å². The Labute approximate surface area is 187 Å². The predicted octanol–water partition coefficient (Wildman–Crippen LogP) is 4.05. The zero-order valence-electron chi connectivity index (χ0n) is 14.9. The van der Waals surface area contributed by atoms with Crippen molar-refractivity contribution in [2.24, 2.45) is 0 Å². The molecule has 0 spiro atoms. The molecule has 1 rings (SSSR count).